The fraction of sp³-hybridized carbons (Fsp3) is 0.333. The summed E-state index contributed by atoms with van der Waals surface area (Å²) in [6.45, 7) is 0.943. The molecule has 0 atom stereocenters. The monoisotopic (exact) mass is 410 g/mol. The van der Waals surface area contributed by atoms with E-state index in [1.165, 1.54) is 34.6 Å². The Morgan fingerprint density at radius 1 is 1.00 bits per heavy atom. The van der Waals surface area contributed by atoms with E-state index < -0.39 is 25.2 Å². The average Bonchev–Trinajstić information content (AvgIpc) is 3.26. The molecule has 0 radical (unpaired) electrons. The molecule has 6 nitrogen and oxygen atoms in total. The summed E-state index contributed by atoms with van der Waals surface area (Å²) < 4.78 is 52.8. The molecule has 2 heterocycles. The number of rotatable bonds is 5. The Morgan fingerprint density at radius 2 is 1.62 bits per heavy atom. The van der Waals surface area contributed by atoms with Crippen molar-refractivity contribution in [2.75, 3.05) is 13.1 Å². The minimum absolute atomic E-state index is 0.0106. The number of nitrogens with two attached hydrogens (primary N) is 1. The molecule has 0 amide bonds. The Kier molecular flexibility index (Phi) is 5.13. The molecular weight excluding hydrogens is 390 g/mol. The first kappa shape index (κ1) is 19.6. The molecular formula is C15H20B2N2O4S3. The van der Waals surface area contributed by atoms with E-state index in [0.717, 1.165) is 29.1 Å². The van der Waals surface area contributed by atoms with Gasteiger partial charge in [0, 0.05) is 18.0 Å². The van der Waals surface area contributed by atoms with Gasteiger partial charge in [0.15, 0.2) is 0 Å². The van der Waals surface area contributed by atoms with E-state index >= 15 is 0 Å². The first-order chi connectivity index (χ1) is 12.0. The molecule has 0 bridgehead atoms. The maximum atomic E-state index is 12.9. The van der Waals surface area contributed by atoms with E-state index in [9.17, 15) is 16.8 Å². The maximum Gasteiger partial charge on any atom is 0.243 e. The van der Waals surface area contributed by atoms with Gasteiger partial charge in [-0.05, 0) is 48.5 Å². The van der Waals surface area contributed by atoms with Crippen LogP contribution in [0.4, 0.5) is 0 Å². The molecule has 138 valence electrons. The van der Waals surface area contributed by atoms with Crippen LogP contribution in [0.15, 0.2) is 50.4 Å². The number of thiophene rings is 1. The van der Waals surface area contributed by atoms with Gasteiger partial charge in [-0.25, -0.2) is 16.8 Å². The summed E-state index contributed by atoms with van der Waals surface area (Å²) in [6.07, 6.45) is 1.65. The number of hydrogen-bond acceptors (Lipinski definition) is 6. The third kappa shape index (κ3) is 3.63. The zero-order chi connectivity index (χ0) is 19.2. The van der Waals surface area contributed by atoms with Crippen LogP contribution in [0.1, 0.15) is 17.7 Å². The zero-order valence-electron chi connectivity index (χ0n) is 14.7. The third-order valence-electron chi connectivity index (χ3n) is 4.30. The van der Waals surface area contributed by atoms with E-state index in [0.29, 0.717) is 13.1 Å². The number of sulfone groups is 1. The van der Waals surface area contributed by atoms with Gasteiger partial charge in [-0.2, -0.15) is 4.31 Å². The zero-order valence-corrected chi connectivity index (χ0v) is 17.1. The van der Waals surface area contributed by atoms with Crippen LogP contribution >= 0.6 is 11.3 Å². The van der Waals surface area contributed by atoms with Crippen molar-refractivity contribution >= 4 is 46.9 Å². The van der Waals surface area contributed by atoms with E-state index in [-0.39, 0.29) is 14.0 Å². The van der Waals surface area contributed by atoms with Crippen molar-refractivity contribution in [1.82, 2.24) is 4.31 Å². The molecule has 1 aromatic heterocycles. The SMILES string of the molecule is BC(B)(N)c1ccc(S(=O)(=O)c2cccc(S(=O)(=O)N3CCCC3)c2)s1. The number of sulfonamides is 1. The van der Waals surface area contributed by atoms with Gasteiger partial charge in [0.1, 0.15) is 19.9 Å². The minimum Gasteiger partial charge on any atom is -0.335 e. The average molecular weight is 410 g/mol. The molecule has 0 spiro atoms. The Balaban J connectivity index is 2.00. The van der Waals surface area contributed by atoms with E-state index in [1.807, 2.05) is 0 Å². The molecule has 1 aliphatic heterocycles. The van der Waals surface area contributed by atoms with Crippen LogP contribution in [0.25, 0.3) is 0 Å². The summed E-state index contributed by atoms with van der Waals surface area (Å²) in [4.78, 5) is 0.731. The fourth-order valence-electron chi connectivity index (χ4n) is 2.81. The Morgan fingerprint density at radius 3 is 2.19 bits per heavy atom. The molecule has 26 heavy (non-hydrogen) atoms. The second-order valence-electron chi connectivity index (χ2n) is 6.93. The predicted octanol–water partition coefficient (Wildman–Crippen LogP) is -0.299. The smallest absolute Gasteiger partial charge is 0.243 e. The lowest BCUT2D eigenvalue weighted by atomic mass is 9.62. The molecule has 2 N–H and O–H groups in total. The molecule has 0 aliphatic carbocycles. The van der Waals surface area contributed by atoms with Crippen molar-refractivity contribution in [3.8, 4) is 0 Å². The normalized spacial score (nSPS) is 16.8. The molecule has 1 aromatic carbocycles. The quantitative estimate of drug-likeness (QED) is 0.683. The van der Waals surface area contributed by atoms with Crippen LogP contribution in [0, 0.1) is 0 Å². The van der Waals surface area contributed by atoms with Crippen molar-refractivity contribution in [3.05, 3.63) is 41.3 Å². The van der Waals surface area contributed by atoms with E-state index in [2.05, 4.69) is 0 Å². The lowest BCUT2D eigenvalue weighted by Crippen LogP contribution is -2.36. The van der Waals surface area contributed by atoms with Gasteiger partial charge in [-0.15, -0.1) is 11.3 Å². The Hall–Kier alpha value is -1.13. The van der Waals surface area contributed by atoms with Crippen LogP contribution < -0.4 is 5.73 Å². The van der Waals surface area contributed by atoms with Gasteiger partial charge in [-0.1, -0.05) is 6.07 Å². The van der Waals surface area contributed by atoms with Crippen LogP contribution in [-0.4, -0.2) is 49.9 Å². The summed E-state index contributed by atoms with van der Waals surface area (Å²) >= 11 is 1.11. The van der Waals surface area contributed by atoms with Gasteiger partial charge >= 0.3 is 0 Å². The first-order valence-corrected chi connectivity index (χ1v) is 12.0. The van der Waals surface area contributed by atoms with Gasteiger partial charge < -0.3 is 5.73 Å². The van der Waals surface area contributed by atoms with Gasteiger partial charge in [0.05, 0.1) is 9.79 Å². The second-order valence-corrected chi connectivity index (χ2v) is 12.1. The summed E-state index contributed by atoms with van der Waals surface area (Å²) in [5, 5.41) is -0.640. The summed E-state index contributed by atoms with van der Waals surface area (Å²) in [7, 11) is -3.87. The van der Waals surface area contributed by atoms with Crippen molar-refractivity contribution in [2.45, 2.75) is 32.2 Å². The lowest BCUT2D eigenvalue weighted by Gasteiger charge is -2.16. The van der Waals surface area contributed by atoms with Crippen molar-refractivity contribution in [3.63, 3.8) is 0 Å². The largest absolute Gasteiger partial charge is 0.335 e. The standard InChI is InChI=1S/C15H20B2N2O4S3/c16-15(17,18)13-6-7-14(24-13)25(20,21)11-4-3-5-12(10-11)26(22,23)19-8-1-2-9-19/h3-7,10H,1-2,8-9,16-18H2. The summed E-state index contributed by atoms with van der Waals surface area (Å²) in [5.74, 6) is 0. The highest BCUT2D eigenvalue weighted by Crippen LogP contribution is 2.32. The van der Waals surface area contributed by atoms with Gasteiger partial charge in [-0.3, -0.25) is 0 Å². The van der Waals surface area contributed by atoms with Gasteiger partial charge in [0.25, 0.3) is 0 Å². The summed E-state index contributed by atoms with van der Waals surface area (Å²) in [5.41, 5.74) is 6.03. The second kappa shape index (κ2) is 6.79. The maximum absolute atomic E-state index is 12.9. The molecule has 11 heteroatoms. The Bertz CT molecular complexity index is 1020. The molecule has 1 saturated heterocycles. The fourth-order valence-corrected chi connectivity index (χ4v) is 7.21. The van der Waals surface area contributed by atoms with Crippen molar-refractivity contribution in [2.24, 2.45) is 5.73 Å². The Labute approximate surface area is 160 Å². The number of benzene rings is 1. The highest BCUT2D eigenvalue weighted by atomic mass is 32.2. The summed E-state index contributed by atoms with van der Waals surface area (Å²) in [6, 6.07) is 8.79. The van der Waals surface area contributed by atoms with Crippen molar-refractivity contribution in [1.29, 1.82) is 0 Å². The van der Waals surface area contributed by atoms with Crippen molar-refractivity contribution < 1.29 is 16.8 Å². The highest BCUT2D eigenvalue weighted by Gasteiger charge is 2.29. The number of nitrogens with zero attached hydrogens (tertiary/aromatic N) is 1. The third-order valence-corrected chi connectivity index (χ3v) is 9.86. The highest BCUT2D eigenvalue weighted by molar-refractivity contribution is 7.93. The minimum atomic E-state index is -3.80. The lowest BCUT2D eigenvalue weighted by molar-refractivity contribution is 0.477. The van der Waals surface area contributed by atoms with Crippen LogP contribution in [-0.2, 0) is 25.2 Å². The van der Waals surface area contributed by atoms with Crippen LogP contribution in [0.3, 0.4) is 0 Å². The molecule has 0 unspecified atom stereocenters. The van der Waals surface area contributed by atoms with Crippen LogP contribution in [0.2, 0.25) is 0 Å². The molecule has 3 rings (SSSR count). The number of hydrogen-bond donors (Lipinski definition) is 1. The molecule has 1 fully saturated rings. The predicted molar refractivity (Wildman–Crippen MR) is 107 cm³/mol. The van der Waals surface area contributed by atoms with E-state index in [1.54, 1.807) is 21.8 Å². The van der Waals surface area contributed by atoms with Gasteiger partial charge in [0.2, 0.25) is 19.9 Å². The first-order valence-electron chi connectivity index (χ1n) is 8.27. The molecule has 0 saturated carbocycles. The van der Waals surface area contributed by atoms with Crippen LogP contribution in [0.5, 0.6) is 0 Å². The molecule has 2 aromatic rings. The topological polar surface area (TPSA) is 97.5 Å². The molecule has 1 aliphatic rings. The van der Waals surface area contributed by atoms with E-state index in [4.69, 9.17) is 5.73 Å².